The van der Waals surface area contributed by atoms with E-state index in [1.807, 2.05) is 23.1 Å². The zero-order valence-corrected chi connectivity index (χ0v) is 15.9. The number of anilines is 1. The normalized spacial score (nSPS) is 21.0. The highest BCUT2D eigenvalue weighted by Crippen LogP contribution is 2.32. The van der Waals surface area contributed by atoms with Gasteiger partial charge >= 0.3 is 0 Å². The van der Waals surface area contributed by atoms with Crippen LogP contribution in [0.3, 0.4) is 0 Å². The van der Waals surface area contributed by atoms with Crippen molar-refractivity contribution in [3.05, 3.63) is 65.0 Å². The van der Waals surface area contributed by atoms with Gasteiger partial charge in [-0.1, -0.05) is 24.3 Å². The lowest BCUT2D eigenvalue weighted by atomic mass is 9.87. The number of nitrogens with zero attached hydrogens (tertiary/aromatic N) is 1. The number of halogens is 1. The van der Waals surface area contributed by atoms with Crippen LogP contribution in [0.25, 0.3) is 0 Å². The summed E-state index contributed by atoms with van der Waals surface area (Å²) in [5, 5.41) is 3.19. The van der Waals surface area contributed by atoms with Crippen molar-refractivity contribution in [3.8, 4) is 0 Å². The van der Waals surface area contributed by atoms with E-state index in [1.54, 1.807) is 18.2 Å². The van der Waals surface area contributed by atoms with Crippen LogP contribution < -0.4 is 11.1 Å². The molecule has 4 rings (SSSR count). The molecule has 2 unspecified atom stereocenters. The molecule has 28 heavy (non-hydrogen) atoms. The molecule has 2 aliphatic rings. The van der Waals surface area contributed by atoms with E-state index in [1.165, 1.54) is 11.6 Å². The van der Waals surface area contributed by atoms with Crippen LogP contribution in [-0.2, 0) is 16.0 Å². The van der Waals surface area contributed by atoms with E-state index >= 15 is 0 Å². The number of nitrogen functional groups attached to an aromatic ring is 1. The summed E-state index contributed by atoms with van der Waals surface area (Å²) in [4.78, 5) is 15.4. The first-order valence-electron chi connectivity index (χ1n) is 9.88. The Labute approximate surface area is 164 Å². The highest BCUT2D eigenvalue weighted by atomic mass is 19.1. The molecule has 3 N–H and O–H groups in total. The standard InChI is InChI=1S/C22H26FN3O2/c23-19-6-2-1-5-18(19)21(26-10-12-28-13-11-26)22(27)25-20-7-3-4-15-14-16(24)8-9-17(15)20/h1-2,5-6,8-9,14,20-21H,3-4,7,10-13,24H2,(H,25,27). The highest BCUT2D eigenvalue weighted by molar-refractivity contribution is 5.83. The fraction of sp³-hybridized carbons (Fsp3) is 0.409. The average Bonchev–Trinajstić information content (AvgIpc) is 2.70. The summed E-state index contributed by atoms with van der Waals surface area (Å²) in [6.45, 7) is 2.29. The Morgan fingerprint density at radius 3 is 2.79 bits per heavy atom. The van der Waals surface area contributed by atoms with Crippen molar-refractivity contribution < 1.29 is 13.9 Å². The molecular weight excluding hydrogens is 357 g/mol. The predicted octanol–water partition coefficient (Wildman–Crippen LogP) is 2.98. The summed E-state index contributed by atoms with van der Waals surface area (Å²) in [5.74, 6) is -0.521. The number of morpholine rings is 1. The van der Waals surface area contributed by atoms with Gasteiger partial charge in [-0.2, -0.15) is 0 Å². The van der Waals surface area contributed by atoms with Gasteiger partial charge in [-0.15, -0.1) is 0 Å². The van der Waals surface area contributed by atoms with Gasteiger partial charge in [0.25, 0.3) is 0 Å². The molecule has 2 aromatic carbocycles. The molecule has 1 amide bonds. The zero-order valence-electron chi connectivity index (χ0n) is 15.9. The summed E-state index contributed by atoms with van der Waals surface area (Å²) >= 11 is 0. The molecule has 0 bridgehead atoms. The molecule has 5 nitrogen and oxygen atoms in total. The lowest BCUT2D eigenvalue weighted by Crippen LogP contribution is -2.47. The minimum atomic E-state index is -0.663. The fourth-order valence-corrected chi connectivity index (χ4v) is 4.27. The van der Waals surface area contributed by atoms with Crippen LogP contribution in [-0.4, -0.2) is 37.1 Å². The van der Waals surface area contributed by atoms with Crippen molar-refractivity contribution in [2.24, 2.45) is 0 Å². The Morgan fingerprint density at radius 2 is 2.00 bits per heavy atom. The van der Waals surface area contributed by atoms with Gasteiger partial charge in [-0.3, -0.25) is 9.69 Å². The molecule has 0 aromatic heterocycles. The van der Waals surface area contributed by atoms with E-state index in [-0.39, 0.29) is 17.8 Å². The third-order valence-electron chi connectivity index (χ3n) is 5.66. The van der Waals surface area contributed by atoms with Crippen LogP contribution in [0.1, 0.15) is 41.6 Å². The summed E-state index contributed by atoms with van der Waals surface area (Å²) in [7, 11) is 0. The third-order valence-corrected chi connectivity index (χ3v) is 5.66. The van der Waals surface area contributed by atoms with E-state index in [4.69, 9.17) is 10.5 Å². The van der Waals surface area contributed by atoms with Gasteiger partial charge in [-0.05, 0) is 48.6 Å². The van der Waals surface area contributed by atoms with Gasteiger partial charge in [0.1, 0.15) is 11.9 Å². The first-order chi connectivity index (χ1) is 13.6. The monoisotopic (exact) mass is 383 g/mol. The average molecular weight is 383 g/mol. The Bertz CT molecular complexity index is 851. The number of nitrogens with one attached hydrogen (secondary N) is 1. The maximum Gasteiger partial charge on any atom is 0.242 e. The lowest BCUT2D eigenvalue weighted by molar-refractivity contribution is -0.129. The third kappa shape index (κ3) is 3.88. The first kappa shape index (κ1) is 18.9. The Balaban J connectivity index is 1.61. The molecule has 1 aliphatic heterocycles. The summed E-state index contributed by atoms with van der Waals surface area (Å²) < 4.78 is 20.0. The van der Waals surface area contributed by atoms with Gasteiger partial charge in [-0.25, -0.2) is 4.39 Å². The number of carbonyl (C=O) groups excluding carboxylic acids is 1. The Kier molecular flexibility index (Phi) is 5.59. The number of aryl methyl sites for hydroxylation is 1. The number of fused-ring (bicyclic) bond motifs is 1. The molecule has 2 aromatic rings. The van der Waals surface area contributed by atoms with Gasteiger partial charge in [0.2, 0.25) is 5.91 Å². The van der Waals surface area contributed by atoms with Crippen molar-refractivity contribution in [3.63, 3.8) is 0 Å². The number of rotatable bonds is 4. The minimum Gasteiger partial charge on any atom is -0.399 e. The van der Waals surface area contributed by atoms with E-state index < -0.39 is 6.04 Å². The topological polar surface area (TPSA) is 67.6 Å². The molecular formula is C22H26FN3O2. The summed E-state index contributed by atoms with van der Waals surface area (Å²) in [6.07, 6.45) is 2.83. The first-order valence-corrected chi connectivity index (χ1v) is 9.88. The Hall–Kier alpha value is -2.44. The SMILES string of the molecule is Nc1ccc2c(c1)CCCC2NC(=O)C(c1ccccc1F)N1CCOCC1. The van der Waals surface area contributed by atoms with Crippen LogP contribution in [0.2, 0.25) is 0 Å². The molecule has 6 heteroatoms. The van der Waals surface area contributed by atoms with Crippen molar-refractivity contribution in [1.29, 1.82) is 0 Å². The number of hydrogen-bond donors (Lipinski definition) is 2. The maximum absolute atomic E-state index is 14.6. The number of nitrogens with two attached hydrogens (primary N) is 1. The largest absolute Gasteiger partial charge is 0.399 e. The number of ether oxygens (including phenoxy) is 1. The molecule has 2 atom stereocenters. The Morgan fingerprint density at radius 1 is 1.21 bits per heavy atom. The van der Waals surface area contributed by atoms with Crippen molar-refractivity contribution in [2.75, 3.05) is 32.0 Å². The molecule has 0 spiro atoms. The van der Waals surface area contributed by atoms with Gasteiger partial charge in [0.15, 0.2) is 0 Å². The van der Waals surface area contributed by atoms with Gasteiger partial charge in [0.05, 0.1) is 19.3 Å². The van der Waals surface area contributed by atoms with Gasteiger partial charge in [0, 0.05) is 24.3 Å². The molecule has 148 valence electrons. The number of carbonyl (C=O) groups is 1. The van der Waals surface area contributed by atoms with E-state index in [9.17, 15) is 9.18 Å². The summed E-state index contributed by atoms with van der Waals surface area (Å²) in [5.41, 5.74) is 9.37. The zero-order chi connectivity index (χ0) is 19.5. The molecule has 1 aliphatic carbocycles. The van der Waals surface area contributed by atoms with Gasteiger partial charge < -0.3 is 15.8 Å². The smallest absolute Gasteiger partial charge is 0.242 e. The van der Waals surface area contributed by atoms with Crippen LogP contribution in [0, 0.1) is 5.82 Å². The minimum absolute atomic E-state index is 0.0767. The van der Waals surface area contributed by atoms with Crippen molar-refractivity contribution >= 4 is 11.6 Å². The van der Waals surface area contributed by atoms with Crippen LogP contribution >= 0.6 is 0 Å². The lowest BCUT2D eigenvalue weighted by Gasteiger charge is -2.35. The van der Waals surface area contributed by atoms with Crippen molar-refractivity contribution in [2.45, 2.75) is 31.3 Å². The van der Waals surface area contributed by atoms with E-state index in [2.05, 4.69) is 5.32 Å². The van der Waals surface area contributed by atoms with Crippen LogP contribution in [0.4, 0.5) is 10.1 Å². The quantitative estimate of drug-likeness (QED) is 0.797. The van der Waals surface area contributed by atoms with E-state index in [0.717, 1.165) is 30.5 Å². The molecule has 0 saturated carbocycles. The van der Waals surface area contributed by atoms with Crippen LogP contribution in [0.5, 0.6) is 0 Å². The number of hydrogen-bond acceptors (Lipinski definition) is 4. The number of benzene rings is 2. The second kappa shape index (κ2) is 8.29. The molecule has 1 saturated heterocycles. The fourth-order valence-electron chi connectivity index (χ4n) is 4.27. The number of amides is 1. The van der Waals surface area contributed by atoms with Crippen molar-refractivity contribution in [1.82, 2.24) is 10.2 Å². The molecule has 1 fully saturated rings. The predicted molar refractivity (Wildman–Crippen MR) is 106 cm³/mol. The van der Waals surface area contributed by atoms with Crippen LogP contribution in [0.15, 0.2) is 42.5 Å². The maximum atomic E-state index is 14.6. The summed E-state index contributed by atoms with van der Waals surface area (Å²) in [6, 6.07) is 11.7. The molecule has 0 radical (unpaired) electrons. The van der Waals surface area contributed by atoms with E-state index in [0.29, 0.717) is 31.9 Å². The highest BCUT2D eigenvalue weighted by Gasteiger charge is 2.33. The molecule has 1 heterocycles. The second-order valence-corrected chi connectivity index (χ2v) is 7.48. The second-order valence-electron chi connectivity index (χ2n) is 7.48.